The van der Waals surface area contributed by atoms with Gasteiger partial charge in [0.25, 0.3) is 5.56 Å². The molecule has 0 fully saturated rings. The summed E-state index contributed by atoms with van der Waals surface area (Å²) >= 11 is 0. The van der Waals surface area contributed by atoms with Crippen molar-refractivity contribution in [2.75, 3.05) is 19.6 Å². The third kappa shape index (κ3) is 6.52. The second-order valence-electron chi connectivity index (χ2n) is 8.56. The molecule has 1 aromatic carbocycles. The average Bonchev–Trinajstić information content (AvgIpc) is 2.70. The number of hydrogen-bond donors (Lipinski definition) is 3. The Kier molecular flexibility index (Phi) is 6.95. The van der Waals surface area contributed by atoms with Gasteiger partial charge in [0.2, 0.25) is 5.91 Å². The average molecular weight is 454 g/mol. The van der Waals surface area contributed by atoms with Gasteiger partial charge in [0.05, 0.1) is 11.9 Å². The predicted octanol–water partition coefficient (Wildman–Crippen LogP) is 2.06. The molecule has 0 spiro atoms. The van der Waals surface area contributed by atoms with Crippen LogP contribution in [-0.4, -0.2) is 63.2 Å². The molecule has 174 valence electrons. The summed E-state index contributed by atoms with van der Waals surface area (Å²) in [5.74, 6) is -1.76. The van der Waals surface area contributed by atoms with Crippen molar-refractivity contribution in [2.45, 2.75) is 32.8 Å². The Balaban J connectivity index is 1.74. The number of aromatic nitrogens is 2. The molecule has 10 nitrogen and oxygen atoms in total. The number of pyridine rings is 2. The van der Waals surface area contributed by atoms with E-state index < -0.39 is 35.7 Å². The number of hydrogen-bond acceptors (Lipinski definition) is 6. The number of amides is 2. The Hall–Kier alpha value is -3.95. The molecule has 33 heavy (non-hydrogen) atoms. The van der Waals surface area contributed by atoms with Gasteiger partial charge in [-0.3, -0.25) is 14.4 Å². The van der Waals surface area contributed by atoms with Gasteiger partial charge in [-0.2, -0.15) is 0 Å². The van der Waals surface area contributed by atoms with Gasteiger partial charge >= 0.3 is 12.1 Å². The molecule has 0 bridgehead atoms. The first kappa shape index (κ1) is 23.7. The highest BCUT2D eigenvalue weighted by molar-refractivity contribution is 5.91. The summed E-state index contributed by atoms with van der Waals surface area (Å²) in [6.45, 7) is 4.53. The van der Waals surface area contributed by atoms with Gasteiger partial charge in [-0.25, -0.2) is 9.78 Å². The van der Waals surface area contributed by atoms with Crippen molar-refractivity contribution >= 4 is 39.9 Å². The second kappa shape index (κ2) is 9.68. The van der Waals surface area contributed by atoms with Crippen molar-refractivity contribution in [3.05, 3.63) is 52.3 Å². The molecule has 0 aliphatic heterocycles. The SMILES string of the molecule is CC(C)(C)OC(=O)NCCN(CC(=O)O)C(=O)Cc1cc2cc3ccccc3nc2[nH]c1=O. The summed E-state index contributed by atoms with van der Waals surface area (Å²) in [6, 6.07) is 10.9. The maximum atomic E-state index is 12.8. The van der Waals surface area contributed by atoms with Crippen LogP contribution in [0.2, 0.25) is 0 Å². The number of aliphatic carboxylic acids is 1. The third-order valence-electron chi connectivity index (χ3n) is 4.68. The van der Waals surface area contributed by atoms with Crippen LogP contribution < -0.4 is 10.9 Å². The molecule has 0 saturated heterocycles. The third-order valence-corrected chi connectivity index (χ3v) is 4.68. The van der Waals surface area contributed by atoms with Crippen molar-refractivity contribution in [1.82, 2.24) is 20.2 Å². The van der Waals surface area contributed by atoms with Gasteiger partial charge in [0.15, 0.2) is 0 Å². The van der Waals surface area contributed by atoms with Gasteiger partial charge in [-0.1, -0.05) is 18.2 Å². The molecule has 3 rings (SSSR count). The molecule has 0 aliphatic carbocycles. The Morgan fingerprint density at radius 3 is 2.58 bits per heavy atom. The van der Waals surface area contributed by atoms with Crippen LogP contribution >= 0.6 is 0 Å². The predicted molar refractivity (Wildman–Crippen MR) is 122 cm³/mol. The highest BCUT2D eigenvalue weighted by Gasteiger charge is 2.20. The zero-order chi connectivity index (χ0) is 24.2. The highest BCUT2D eigenvalue weighted by atomic mass is 16.6. The number of carbonyl (C=O) groups is 3. The van der Waals surface area contributed by atoms with Crippen LogP contribution in [0.25, 0.3) is 21.9 Å². The fourth-order valence-corrected chi connectivity index (χ4v) is 3.25. The van der Waals surface area contributed by atoms with Crippen LogP contribution in [0.15, 0.2) is 41.2 Å². The summed E-state index contributed by atoms with van der Waals surface area (Å²) in [6.07, 6.45) is -0.964. The quantitative estimate of drug-likeness (QED) is 0.464. The molecule has 0 radical (unpaired) electrons. The summed E-state index contributed by atoms with van der Waals surface area (Å²) in [5.41, 5.74) is 0.173. The number of carboxylic acid groups (broad SMARTS) is 1. The lowest BCUT2D eigenvalue weighted by atomic mass is 10.1. The number of carbonyl (C=O) groups excluding carboxylic acids is 2. The van der Waals surface area contributed by atoms with Crippen molar-refractivity contribution in [3.63, 3.8) is 0 Å². The first-order valence-electron chi connectivity index (χ1n) is 10.4. The number of nitrogens with one attached hydrogen (secondary N) is 2. The molecule has 0 unspecified atom stereocenters. The minimum atomic E-state index is -1.20. The van der Waals surface area contributed by atoms with Crippen LogP contribution in [0.3, 0.4) is 0 Å². The number of nitrogens with zero attached hydrogens (tertiary/aromatic N) is 2. The Bertz CT molecular complexity index is 1260. The van der Waals surface area contributed by atoms with Gasteiger partial charge in [-0.15, -0.1) is 0 Å². The van der Waals surface area contributed by atoms with Crippen LogP contribution in [0.1, 0.15) is 26.3 Å². The number of fused-ring (bicyclic) bond motifs is 2. The van der Waals surface area contributed by atoms with E-state index in [2.05, 4.69) is 15.3 Å². The molecular weight excluding hydrogens is 428 g/mol. The van der Waals surface area contributed by atoms with E-state index in [-0.39, 0.29) is 25.1 Å². The molecule has 0 aliphatic rings. The van der Waals surface area contributed by atoms with E-state index >= 15 is 0 Å². The molecule has 2 aromatic heterocycles. The first-order chi connectivity index (χ1) is 15.5. The molecule has 0 saturated carbocycles. The van der Waals surface area contributed by atoms with E-state index in [4.69, 9.17) is 4.74 Å². The fourth-order valence-electron chi connectivity index (χ4n) is 3.25. The summed E-state index contributed by atoms with van der Waals surface area (Å²) in [5, 5.41) is 13.2. The lowest BCUT2D eigenvalue weighted by Crippen LogP contribution is -2.43. The van der Waals surface area contributed by atoms with Crippen LogP contribution in [0, 0.1) is 0 Å². The normalized spacial score (nSPS) is 11.4. The van der Waals surface area contributed by atoms with Gasteiger partial charge in [0, 0.05) is 29.4 Å². The van der Waals surface area contributed by atoms with Crippen LogP contribution in [-0.2, 0) is 20.7 Å². The number of benzene rings is 1. The van der Waals surface area contributed by atoms with Gasteiger partial charge < -0.3 is 25.0 Å². The van der Waals surface area contributed by atoms with E-state index in [0.29, 0.717) is 11.0 Å². The molecule has 2 heterocycles. The van der Waals surface area contributed by atoms with Crippen molar-refractivity contribution < 1.29 is 24.2 Å². The highest BCUT2D eigenvalue weighted by Crippen LogP contribution is 2.18. The van der Waals surface area contributed by atoms with E-state index in [9.17, 15) is 24.3 Å². The smallest absolute Gasteiger partial charge is 0.407 e. The van der Waals surface area contributed by atoms with Gasteiger partial charge in [0.1, 0.15) is 17.8 Å². The van der Waals surface area contributed by atoms with Gasteiger partial charge in [-0.05, 0) is 39.0 Å². The van der Waals surface area contributed by atoms with E-state index in [1.165, 1.54) is 0 Å². The number of ether oxygens (including phenoxy) is 1. The molecule has 3 N–H and O–H groups in total. The first-order valence-corrected chi connectivity index (χ1v) is 10.4. The number of aromatic amines is 1. The van der Waals surface area contributed by atoms with Crippen molar-refractivity contribution in [3.8, 4) is 0 Å². The standard InChI is InChI=1S/C23H26N4O6/c1-23(2,3)33-22(32)24-8-9-27(13-19(29)30)18(28)12-16-11-15-10-14-6-4-5-7-17(14)25-20(15)26-21(16)31/h4-7,10-11H,8-9,12-13H2,1-3H3,(H,24,32)(H,29,30)(H,25,26,31). The molecule has 10 heteroatoms. The monoisotopic (exact) mass is 454 g/mol. The van der Waals surface area contributed by atoms with Crippen molar-refractivity contribution in [1.29, 1.82) is 0 Å². The van der Waals surface area contributed by atoms with E-state index in [0.717, 1.165) is 15.8 Å². The summed E-state index contributed by atoms with van der Waals surface area (Å²) in [7, 11) is 0. The molecule has 2 amide bonds. The Morgan fingerprint density at radius 1 is 1.15 bits per heavy atom. The zero-order valence-electron chi connectivity index (χ0n) is 18.7. The van der Waals surface area contributed by atoms with E-state index in [1.54, 1.807) is 26.8 Å². The number of rotatable bonds is 7. The lowest BCUT2D eigenvalue weighted by molar-refractivity contribution is -0.144. The Morgan fingerprint density at radius 2 is 1.88 bits per heavy atom. The lowest BCUT2D eigenvalue weighted by Gasteiger charge is -2.23. The maximum Gasteiger partial charge on any atom is 0.407 e. The maximum absolute atomic E-state index is 12.8. The number of H-pyrrole nitrogens is 1. The van der Waals surface area contributed by atoms with E-state index in [1.807, 2.05) is 30.3 Å². The molecular formula is C23H26N4O6. The number of carboxylic acids is 1. The zero-order valence-corrected chi connectivity index (χ0v) is 18.7. The fraction of sp³-hybridized carbons (Fsp3) is 0.348. The number of alkyl carbamates (subject to hydrolysis) is 1. The minimum Gasteiger partial charge on any atom is -0.480 e. The Labute approximate surface area is 189 Å². The number of para-hydroxylation sites is 1. The summed E-state index contributed by atoms with van der Waals surface area (Å²) < 4.78 is 5.12. The molecule has 0 atom stereocenters. The van der Waals surface area contributed by atoms with Crippen LogP contribution in [0.5, 0.6) is 0 Å². The summed E-state index contributed by atoms with van der Waals surface area (Å²) in [4.78, 5) is 56.5. The van der Waals surface area contributed by atoms with Crippen molar-refractivity contribution in [2.24, 2.45) is 0 Å². The topological polar surface area (TPSA) is 142 Å². The second-order valence-corrected chi connectivity index (χ2v) is 8.56. The van der Waals surface area contributed by atoms with Crippen LogP contribution in [0.4, 0.5) is 4.79 Å². The largest absolute Gasteiger partial charge is 0.480 e. The molecule has 3 aromatic rings. The minimum absolute atomic E-state index is 0.00206.